The average Bonchev–Trinajstić information content (AvgIpc) is 3.49. The fourth-order valence-electron chi connectivity index (χ4n) is 2.90. The van der Waals surface area contributed by atoms with Crippen LogP contribution in [0.5, 0.6) is 0 Å². The van der Waals surface area contributed by atoms with Crippen LogP contribution in [0.3, 0.4) is 0 Å². The zero-order valence-corrected chi connectivity index (χ0v) is 16.9. The van der Waals surface area contributed by atoms with Crippen LogP contribution in [-0.2, 0) is 4.79 Å². The van der Waals surface area contributed by atoms with Gasteiger partial charge in [-0.2, -0.15) is 13.2 Å². The van der Waals surface area contributed by atoms with Gasteiger partial charge in [-0.15, -0.1) is 0 Å². The number of alkyl halides is 3. The summed E-state index contributed by atoms with van der Waals surface area (Å²) in [6.45, 7) is 3.53. The molecule has 1 unspecified atom stereocenters. The Morgan fingerprint density at radius 1 is 1.17 bits per heavy atom. The molecule has 3 nitrogen and oxygen atoms in total. The number of hydrazine groups is 1. The quantitative estimate of drug-likeness (QED) is 0.546. The van der Waals surface area contributed by atoms with E-state index in [1.165, 1.54) is 18.2 Å². The van der Waals surface area contributed by atoms with Gasteiger partial charge in [-0.25, -0.2) is 0 Å². The number of amides is 1. The number of benzene rings is 2. The number of anilines is 1. The smallest absolute Gasteiger partial charge is 0.299 e. The number of hydrogen-bond acceptors (Lipinski definition) is 2. The van der Waals surface area contributed by atoms with Gasteiger partial charge in [0.05, 0.1) is 11.6 Å². The van der Waals surface area contributed by atoms with Crippen molar-refractivity contribution in [3.05, 3.63) is 69.8 Å². The molecule has 7 heteroatoms. The molecule has 0 radical (unpaired) electrons. The monoisotopic (exact) mass is 422 g/mol. The highest BCUT2D eigenvalue weighted by Gasteiger charge is 2.39. The third-order valence-electron chi connectivity index (χ3n) is 5.01. The summed E-state index contributed by atoms with van der Waals surface area (Å²) in [6, 6.07) is 9.66. The predicted octanol–water partition coefficient (Wildman–Crippen LogP) is 6.17. The first kappa shape index (κ1) is 21.2. The Hall–Kier alpha value is -2.47. The van der Waals surface area contributed by atoms with E-state index in [1.54, 1.807) is 38.1 Å². The lowest BCUT2D eigenvalue weighted by Crippen LogP contribution is -2.30. The van der Waals surface area contributed by atoms with E-state index in [2.05, 4.69) is 10.9 Å². The van der Waals surface area contributed by atoms with Gasteiger partial charge in [0.15, 0.2) is 0 Å². The molecular weight excluding hydrogens is 401 g/mol. The largest absolute Gasteiger partial charge is 0.399 e. The van der Waals surface area contributed by atoms with E-state index in [1.807, 2.05) is 0 Å². The van der Waals surface area contributed by atoms with Gasteiger partial charge in [0.25, 0.3) is 0 Å². The Balaban J connectivity index is 1.73. The first-order valence-electron chi connectivity index (χ1n) is 9.32. The molecule has 2 aromatic rings. The third kappa shape index (κ3) is 5.54. The maximum atomic E-state index is 13.6. The molecular formula is C22H22ClF3N2O. The first-order valence-corrected chi connectivity index (χ1v) is 9.70. The van der Waals surface area contributed by atoms with Crippen molar-refractivity contribution in [3.63, 3.8) is 0 Å². The van der Waals surface area contributed by atoms with Gasteiger partial charge in [0.2, 0.25) is 5.91 Å². The van der Waals surface area contributed by atoms with E-state index in [9.17, 15) is 18.0 Å². The number of hydrogen-bond donors (Lipinski definition) is 2. The molecule has 0 aliphatic heterocycles. The summed E-state index contributed by atoms with van der Waals surface area (Å²) in [5, 5.41) is 0.325. The lowest BCUT2D eigenvalue weighted by Gasteiger charge is -2.19. The zero-order valence-electron chi connectivity index (χ0n) is 16.1. The Kier molecular flexibility index (Phi) is 6.22. The molecule has 1 atom stereocenters. The molecule has 29 heavy (non-hydrogen) atoms. The lowest BCUT2D eigenvalue weighted by molar-refractivity contribution is -0.139. The SMILES string of the molecule is Cc1cc(C(/C=C/c2ccc(NNC(=O)C3CC3)cc2)C(F)(F)F)cc(Cl)c1C. The van der Waals surface area contributed by atoms with Crippen LogP contribution < -0.4 is 10.9 Å². The van der Waals surface area contributed by atoms with E-state index in [0.29, 0.717) is 16.3 Å². The van der Waals surface area contributed by atoms with Gasteiger partial charge in [-0.3, -0.25) is 15.6 Å². The topological polar surface area (TPSA) is 41.1 Å². The second kappa shape index (κ2) is 8.49. The van der Waals surface area contributed by atoms with Gasteiger partial charge < -0.3 is 0 Å². The van der Waals surface area contributed by atoms with E-state index in [0.717, 1.165) is 30.0 Å². The third-order valence-corrected chi connectivity index (χ3v) is 5.40. The highest BCUT2D eigenvalue weighted by Crippen LogP contribution is 2.38. The minimum absolute atomic E-state index is 0.0472. The fourth-order valence-corrected chi connectivity index (χ4v) is 3.17. The normalized spacial score (nSPS) is 15.4. The molecule has 154 valence electrons. The van der Waals surface area contributed by atoms with Gasteiger partial charge in [0, 0.05) is 10.9 Å². The lowest BCUT2D eigenvalue weighted by atomic mass is 9.94. The summed E-state index contributed by atoms with van der Waals surface area (Å²) in [5.74, 6) is -1.72. The number of nitrogens with one attached hydrogen (secondary N) is 2. The summed E-state index contributed by atoms with van der Waals surface area (Å²) in [7, 11) is 0. The summed E-state index contributed by atoms with van der Waals surface area (Å²) in [6.07, 6.45) is -0.0473. The second-order valence-corrected chi connectivity index (χ2v) is 7.74. The first-order chi connectivity index (χ1) is 13.6. The molecule has 0 saturated heterocycles. The molecule has 1 aliphatic carbocycles. The van der Waals surface area contributed by atoms with Crippen molar-refractivity contribution in [1.82, 2.24) is 5.43 Å². The average molecular weight is 423 g/mol. The zero-order chi connectivity index (χ0) is 21.2. The Morgan fingerprint density at radius 2 is 1.83 bits per heavy atom. The van der Waals surface area contributed by atoms with Crippen molar-refractivity contribution in [2.45, 2.75) is 38.8 Å². The van der Waals surface area contributed by atoms with Crippen molar-refractivity contribution < 1.29 is 18.0 Å². The number of halogens is 4. The maximum absolute atomic E-state index is 13.6. The molecule has 0 spiro atoms. The van der Waals surface area contributed by atoms with Crippen molar-refractivity contribution in [2.24, 2.45) is 5.92 Å². The van der Waals surface area contributed by atoms with Gasteiger partial charge in [0.1, 0.15) is 0 Å². The fraction of sp³-hybridized carbons (Fsp3) is 0.318. The number of allylic oxidation sites excluding steroid dienone is 1. The molecule has 0 bridgehead atoms. The van der Waals surface area contributed by atoms with Gasteiger partial charge >= 0.3 is 6.18 Å². The molecule has 1 saturated carbocycles. The highest BCUT2D eigenvalue weighted by molar-refractivity contribution is 6.31. The Labute approximate surface area is 172 Å². The molecule has 1 aliphatic rings. The van der Waals surface area contributed by atoms with Crippen LogP contribution >= 0.6 is 11.6 Å². The Bertz CT molecular complexity index is 896. The minimum atomic E-state index is -4.43. The van der Waals surface area contributed by atoms with Crippen LogP contribution in [0.1, 0.15) is 41.0 Å². The van der Waals surface area contributed by atoms with Crippen LogP contribution in [0.25, 0.3) is 6.08 Å². The molecule has 3 rings (SSSR count). The molecule has 0 heterocycles. The summed E-state index contributed by atoms with van der Waals surface area (Å²) < 4.78 is 40.9. The summed E-state index contributed by atoms with van der Waals surface area (Å²) in [5.41, 5.74) is 8.31. The van der Waals surface area contributed by atoms with Crippen LogP contribution in [0.2, 0.25) is 5.02 Å². The molecule has 1 fully saturated rings. The van der Waals surface area contributed by atoms with Gasteiger partial charge in [-0.05, 0) is 67.1 Å². The van der Waals surface area contributed by atoms with Crippen molar-refractivity contribution in [3.8, 4) is 0 Å². The van der Waals surface area contributed by atoms with Crippen molar-refractivity contribution in [2.75, 3.05) is 5.43 Å². The van der Waals surface area contributed by atoms with Crippen LogP contribution in [-0.4, -0.2) is 12.1 Å². The van der Waals surface area contributed by atoms with E-state index >= 15 is 0 Å². The molecule has 0 aromatic heterocycles. The predicted molar refractivity (Wildman–Crippen MR) is 110 cm³/mol. The van der Waals surface area contributed by atoms with Crippen molar-refractivity contribution in [1.29, 1.82) is 0 Å². The van der Waals surface area contributed by atoms with Crippen LogP contribution in [0, 0.1) is 19.8 Å². The van der Waals surface area contributed by atoms with Crippen molar-refractivity contribution >= 4 is 29.3 Å². The van der Waals surface area contributed by atoms with Crippen LogP contribution in [0.15, 0.2) is 42.5 Å². The number of aryl methyl sites for hydroxylation is 1. The van der Waals surface area contributed by atoms with Crippen LogP contribution in [0.4, 0.5) is 18.9 Å². The maximum Gasteiger partial charge on any atom is 0.399 e. The highest BCUT2D eigenvalue weighted by atomic mass is 35.5. The summed E-state index contributed by atoms with van der Waals surface area (Å²) >= 11 is 6.09. The minimum Gasteiger partial charge on any atom is -0.299 e. The van der Waals surface area contributed by atoms with E-state index in [-0.39, 0.29) is 17.4 Å². The Morgan fingerprint density at radius 3 is 2.38 bits per heavy atom. The second-order valence-electron chi connectivity index (χ2n) is 7.33. The van der Waals surface area contributed by atoms with E-state index < -0.39 is 12.1 Å². The van der Waals surface area contributed by atoms with E-state index in [4.69, 9.17) is 11.6 Å². The number of carbonyl (C=O) groups is 1. The molecule has 2 aromatic carbocycles. The standard InChI is InChI=1S/C22H22ClF3N2O/c1-13-11-17(12-20(23)14(13)2)19(22(24,25)26)10-5-15-3-8-18(9-4-15)27-28-21(29)16-6-7-16/h3-5,8-12,16,19,27H,6-7H2,1-2H3,(H,28,29)/b10-5+. The molecule has 2 N–H and O–H groups in total. The summed E-state index contributed by atoms with van der Waals surface area (Å²) in [4.78, 5) is 11.6. The number of carbonyl (C=O) groups excluding carboxylic acids is 1. The van der Waals surface area contributed by atoms with Gasteiger partial charge in [-0.1, -0.05) is 42.0 Å². The molecule has 1 amide bonds. The number of rotatable bonds is 6.